The molecule has 2 atom stereocenters. The van der Waals surface area contributed by atoms with Gasteiger partial charge in [-0.05, 0) is 60.7 Å². The van der Waals surface area contributed by atoms with Gasteiger partial charge in [-0.3, -0.25) is 4.98 Å². The molecular weight excluding hydrogens is 514 g/mol. The molecule has 4 aromatic rings. The summed E-state index contributed by atoms with van der Waals surface area (Å²) in [5.41, 5.74) is 2.63. The first-order valence-electron chi connectivity index (χ1n) is 10.7. The minimum absolute atomic E-state index is 0.228. The van der Waals surface area contributed by atoms with Crippen molar-refractivity contribution in [3.05, 3.63) is 94.9 Å². The van der Waals surface area contributed by atoms with Crippen molar-refractivity contribution in [2.24, 2.45) is 0 Å². The maximum atomic E-state index is 6.42. The summed E-state index contributed by atoms with van der Waals surface area (Å²) >= 11 is 9.31. The molecule has 1 fully saturated rings. The molecule has 0 radical (unpaired) electrons. The van der Waals surface area contributed by atoms with Gasteiger partial charge >= 0.3 is 0 Å². The number of halogens is 1. The van der Waals surface area contributed by atoms with E-state index in [4.69, 9.17) is 26.1 Å². The van der Waals surface area contributed by atoms with Crippen LogP contribution in [-0.4, -0.2) is 24.3 Å². The molecule has 0 bridgehead atoms. The quantitative estimate of drug-likeness (QED) is 0.290. The molecule has 2 aromatic carbocycles. The summed E-state index contributed by atoms with van der Waals surface area (Å²) in [6, 6.07) is 23.0. The maximum absolute atomic E-state index is 6.42. The van der Waals surface area contributed by atoms with Gasteiger partial charge in [0.15, 0.2) is 5.11 Å². The van der Waals surface area contributed by atoms with Crippen molar-refractivity contribution >= 4 is 38.9 Å². The molecule has 8 heteroatoms. The lowest BCUT2D eigenvalue weighted by atomic mass is 10.0. The molecule has 1 N–H and O–H groups in total. The highest BCUT2D eigenvalue weighted by atomic mass is 79.9. The molecule has 1 aliphatic rings. The Labute approximate surface area is 211 Å². The number of thiocarbonyl (C=S) groups is 1. The summed E-state index contributed by atoms with van der Waals surface area (Å²) < 4.78 is 18.6. The Morgan fingerprint density at radius 2 is 1.82 bits per heavy atom. The largest absolute Gasteiger partial charge is 0.497 e. The molecule has 0 aliphatic carbocycles. The predicted molar refractivity (Wildman–Crippen MR) is 139 cm³/mol. The van der Waals surface area contributed by atoms with E-state index in [9.17, 15) is 0 Å². The zero-order chi connectivity index (χ0) is 23.7. The second-order valence-corrected chi connectivity index (χ2v) is 9.05. The molecule has 6 nitrogen and oxygen atoms in total. The van der Waals surface area contributed by atoms with Gasteiger partial charge in [-0.1, -0.05) is 34.1 Å². The molecule has 2 aromatic heterocycles. The van der Waals surface area contributed by atoms with Crippen LogP contribution in [0, 0.1) is 0 Å². The van der Waals surface area contributed by atoms with Crippen molar-refractivity contribution in [1.82, 2.24) is 10.3 Å². The van der Waals surface area contributed by atoms with Crippen LogP contribution in [0.3, 0.4) is 0 Å². The van der Waals surface area contributed by atoms with Crippen LogP contribution in [-0.2, 0) is 0 Å². The average Bonchev–Trinajstić information content (AvgIpc) is 3.49. The number of aromatic nitrogens is 1. The van der Waals surface area contributed by atoms with Gasteiger partial charge in [0.25, 0.3) is 0 Å². The van der Waals surface area contributed by atoms with Crippen molar-refractivity contribution in [1.29, 1.82) is 0 Å². The van der Waals surface area contributed by atoms with Crippen LogP contribution in [0.15, 0.2) is 87.9 Å². The van der Waals surface area contributed by atoms with E-state index in [0.29, 0.717) is 16.6 Å². The Kier molecular flexibility index (Phi) is 6.26. The highest BCUT2D eigenvalue weighted by molar-refractivity contribution is 9.10. The van der Waals surface area contributed by atoms with Gasteiger partial charge in [0.2, 0.25) is 0 Å². The van der Waals surface area contributed by atoms with Gasteiger partial charge in [-0.2, -0.15) is 0 Å². The molecule has 0 spiro atoms. The van der Waals surface area contributed by atoms with E-state index in [0.717, 1.165) is 32.9 Å². The fourth-order valence-corrected chi connectivity index (χ4v) is 4.77. The molecule has 34 heavy (non-hydrogen) atoms. The topological polar surface area (TPSA) is 59.8 Å². The van der Waals surface area contributed by atoms with Gasteiger partial charge in [0.05, 0.1) is 31.6 Å². The Morgan fingerprint density at radius 1 is 1.00 bits per heavy atom. The van der Waals surface area contributed by atoms with Crippen molar-refractivity contribution in [2.45, 2.75) is 12.1 Å². The van der Waals surface area contributed by atoms with E-state index in [-0.39, 0.29) is 12.1 Å². The van der Waals surface area contributed by atoms with Crippen LogP contribution in [0.4, 0.5) is 5.69 Å². The van der Waals surface area contributed by atoms with Crippen LogP contribution >= 0.6 is 28.1 Å². The van der Waals surface area contributed by atoms with Crippen LogP contribution in [0.1, 0.15) is 23.5 Å². The number of nitrogens with one attached hydrogen (secondary N) is 1. The summed E-state index contributed by atoms with van der Waals surface area (Å²) in [5, 5.41) is 3.99. The number of anilines is 1. The predicted octanol–water partition coefficient (Wildman–Crippen LogP) is 6.30. The van der Waals surface area contributed by atoms with Gasteiger partial charge in [0.1, 0.15) is 29.1 Å². The zero-order valence-corrected chi connectivity index (χ0v) is 21.0. The summed E-state index contributed by atoms with van der Waals surface area (Å²) in [6.07, 6.45) is 1.78. The number of rotatable bonds is 6. The highest BCUT2D eigenvalue weighted by Gasteiger charge is 2.43. The minimum Gasteiger partial charge on any atom is -0.497 e. The Hall–Kier alpha value is -3.36. The molecule has 3 heterocycles. The minimum atomic E-state index is -0.299. The second kappa shape index (κ2) is 9.48. The molecule has 172 valence electrons. The molecular formula is C26H22BrN3O3S. The molecule has 2 unspecified atom stereocenters. The molecule has 5 rings (SSSR count). The third kappa shape index (κ3) is 4.15. The van der Waals surface area contributed by atoms with Crippen molar-refractivity contribution in [2.75, 3.05) is 19.1 Å². The van der Waals surface area contributed by atoms with E-state index in [1.165, 1.54) is 0 Å². The second-order valence-electron chi connectivity index (χ2n) is 7.74. The number of methoxy groups -OCH3 is 2. The monoisotopic (exact) mass is 535 g/mol. The first-order chi connectivity index (χ1) is 16.6. The summed E-state index contributed by atoms with van der Waals surface area (Å²) in [6.45, 7) is 0. The SMILES string of the molecule is COc1ccc(OC)c(N2C(=S)NC(c3ccccn3)C2c2ccc(-c3ccc(Br)cc3)o2)c1. The molecule has 0 saturated carbocycles. The van der Waals surface area contributed by atoms with Crippen LogP contribution in [0.2, 0.25) is 0 Å². The van der Waals surface area contributed by atoms with E-state index in [1.807, 2.05) is 77.7 Å². The lowest BCUT2D eigenvalue weighted by Gasteiger charge is -2.27. The number of hydrogen-bond donors (Lipinski definition) is 1. The van der Waals surface area contributed by atoms with Crippen molar-refractivity contribution in [3.8, 4) is 22.8 Å². The fraction of sp³-hybridized carbons (Fsp3) is 0.154. The highest BCUT2D eigenvalue weighted by Crippen LogP contribution is 2.46. The Morgan fingerprint density at radius 3 is 2.53 bits per heavy atom. The number of ether oxygens (including phenoxy) is 2. The Balaban J connectivity index is 1.63. The van der Waals surface area contributed by atoms with Gasteiger partial charge in [-0.25, -0.2) is 0 Å². The normalized spacial score (nSPS) is 17.5. The Bertz CT molecular complexity index is 1310. The number of nitrogens with zero attached hydrogens (tertiary/aromatic N) is 2. The van der Waals surface area contributed by atoms with Crippen LogP contribution < -0.4 is 19.7 Å². The van der Waals surface area contributed by atoms with E-state index < -0.39 is 0 Å². The van der Waals surface area contributed by atoms with Gasteiger partial charge < -0.3 is 24.1 Å². The van der Waals surface area contributed by atoms with Gasteiger partial charge in [-0.15, -0.1) is 0 Å². The number of hydrogen-bond acceptors (Lipinski definition) is 5. The third-order valence-electron chi connectivity index (χ3n) is 5.79. The summed E-state index contributed by atoms with van der Waals surface area (Å²) in [7, 11) is 3.28. The zero-order valence-electron chi connectivity index (χ0n) is 18.6. The first kappa shape index (κ1) is 22.4. The summed E-state index contributed by atoms with van der Waals surface area (Å²) in [5.74, 6) is 2.91. The molecule has 1 saturated heterocycles. The third-order valence-corrected chi connectivity index (χ3v) is 6.63. The first-order valence-corrected chi connectivity index (χ1v) is 11.9. The van der Waals surface area contributed by atoms with Crippen LogP contribution in [0.5, 0.6) is 11.5 Å². The smallest absolute Gasteiger partial charge is 0.174 e. The van der Waals surface area contributed by atoms with Crippen molar-refractivity contribution in [3.63, 3.8) is 0 Å². The van der Waals surface area contributed by atoms with Crippen molar-refractivity contribution < 1.29 is 13.9 Å². The van der Waals surface area contributed by atoms with Gasteiger partial charge in [0, 0.05) is 22.3 Å². The van der Waals surface area contributed by atoms with E-state index >= 15 is 0 Å². The van der Waals surface area contributed by atoms with Crippen LogP contribution in [0.25, 0.3) is 11.3 Å². The fourth-order valence-electron chi connectivity index (χ4n) is 4.17. The molecule has 0 amide bonds. The standard InChI is InChI=1S/C26H22BrN3O3S/c1-31-18-10-11-22(32-2)20(15-18)30-25(24(29-26(30)34)19-5-3-4-14-28-19)23-13-12-21(33-23)16-6-8-17(27)9-7-16/h3-15,24-25H,1-2H3,(H,29,34). The van der Waals surface area contributed by atoms with E-state index in [2.05, 4.69) is 26.2 Å². The average molecular weight is 536 g/mol. The number of furan rings is 1. The number of benzene rings is 2. The van der Waals surface area contributed by atoms with E-state index in [1.54, 1.807) is 20.4 Å². The summed E-state index contributed by atoms with van der Waals surface area (Å²) in [4.78, 5) is 6.61. The lowest BCUT2D eigenvalue weighted by molar-refractivity contribution is 0.400. The maximum Gasteiger partial charge on any atom is 0.174 e. The lowest BCUT2D eigenvalue weighted by Crippen LogP contribution is -2.29. The number of pyridine rings is 1. The molecule has 1 aliphatic heterocycles.